The molecule has 1 unspecified atom stereocenters. The third-order valence-electron chi connectivity index (χ3n) is 5.54. The van der Waals surface area contributed by atoms with E-state index in [0.29, 0.717) is 0 Å². The van der Waals surface area contributed by atoms with Gasteiger partial charge in [-0.05, 0) is 46.5 Å². The maximum absolute atomic E-state index is 6.23. The second-order valence-electron chi connectivity index (χ2n) is 7.33. The fourth-order valence-electron chi connectivity index (χ4n) is 4.18. The van der Waals surface area contributed by atoms with Crippen LogP contribution in [0.5, 0.6) is 0 Å². The van der Waals surface area contributed by atoms with Crippen LogP contribution in [-0.2, 0) is 5.41 Å². The molecule has 0 fully saturated rings. The zero-order chi connectivity index (χ0) is 17.6. The minimum Gasteiger partial charge on any atom is -0.398 e. The highest BCUT2D eigenvalue weighted by Gasteiger charge is 2.35. The van der Waals surface area contributed by atoms with Crippen molar-refractivity contribution in [1.82, 2.24) is 5.32 Å². The fraction of sp³-hybridized carbons (Fsp3) is 0.217. The van der Waals surface area contributed by atoms with Crippen LogP contribution < -0.4 is 11.1 Å². The first-order chi connectivity index (χ1) is 12.0. The number of hydrogen-bond acceptors (Lipinski definition) is 2. The summed E-state index contributed by atoms with van der Waals surface area (Å²) in [4.78, 5) is 0. The van der Waals surface area contributed by atoms with Crippen molar-refractivity contribution in [2.75, 3.05) is 12.8 Å². The van der Waals surface area contributed by atoms with Gasteiger partial charge in [-0.15, -0.1) is 0 Å². The van der Waals surface area contributed by atoms with E-state index < -0.39 is 0 Å². The highest BCUT2D eigenvalue weighted by atomic mass is 14.9. The summed E-state index contributed by atoms with van der Waals surface area (Å²) in [6.45, 7) is 4.62. The van der Waals surface area contributed by atoms with E-state index in [4.69, 9.17) is 5.73 Å². The third-order valence-corrected chi connectivity index (χ3v) is 5.54. The normalized spacial score (nSPS) is 15.5. The Bertz CT molecular complexity index is 940. The van der Waals surface area contributed by atoms with Gasteiger partial charge in [-0.3, -0.25) is 0 Å². The molecule has 0 amide bonds. The highest BCUT2D eigenvalue weighted by molar-refractivity contribution is 5.81. The molecule has 1 aliphatic rings. The molecule has 3 aromatic rings. The second-order valence-corrected chi connectivity index (χ2v) is 7.33. The predicted molar refractivity (Wildman–Crippen MR) is 106 cm³/mol. The van der Waals surface area contributed by atoms with E-state index in [1.807, 2.05) is 25.2 Å². The molecule has 2 nitrogen and oxygen atoms in total. The van der Waals surface area contributed by atoms with Gasteiger partial charge in [0.2, 0.25) is 0 Å². The summed E-state index contributed by atoms with van der Waals surface area (Å²) in [6.07, 6.45) is 0. The lowest BCUT2D eigenvalue weighted by molar-refractivity contribution is 0.651. The summed E-state index contributed by atoms with van der Waals surface area (Å²) < 4.78 is 0. The monoisotopic (exact) mass is 328 g/mol. The number of rotatable bonds is 3. The molecule has 0 spiro atoms. The summed E-state index contributed by atoms with van der Waals surface area (Å²) in [5.41, 5.74) is 14.9. The van der Waals surface area contributed by atoms with Crippen LogP contribution in [0, 0.1) is 0 Å². The summed E-state index contributed by atoms with van der Waals surface area (Å²) in [5, 5.41) is 3.44. The lowest BCUT2D eigenvalue weighted by atomic mass is 9.81. The van der Waals surface area contributed by atoms with Crippen LogP contribution in [0.25, 0.3) is 11.1 Å². The molecule has 3 aromatic carbocycles. The predicted octanol–water partition coefficient (Wildman–Crippen LogP) is 4.88. The number of anilines is 1. The van der Waals surface area contributed by atoms with Gasteiger partial charge >= 0.3 is 0 Å². The van der Waals surface area contributed by atoms with E-state index in [-0.39, 0.29) is 11.5 Å². The highest BCUT2D eigenvalue weighted by Crippen LogP contribution is 2.49. The second kappa shape index (κ2) is 5.75. The Balaban J connectivity index is 1.86. The van der Waals surface area contributed by atoms with Crippen LogP contribution in [0.1, 0.15) is 42.1 Å². The zero-order valence-corrected chi connectivity index (χ0v) is 15.0. The van der Waals surface area contributed by atoms with E-state index >= 15 is 0 Å². The Kier molecular flexibility index (Phi) is 3.66. The van der Waals surface area contributed by atoms with Crippen molar-refractivity contribution < 1.29 is 0 Å². The lowest BCUT2D eigenvalue weighted by Crippen LogP contribution is -2.20. The smallest absolute Gasteiger partial charge is 0.0594 e. The van der Waals surface area contributed by atoms with E-state index in [1.54, 1.807) is 0 Å². The van der Waals surface area contributed by atoms with E-state index in [9.17, 15) is 0 Å². The SMILES string of the molecule is CNC(c1ccc2c(c1)C(C)(C)c1ccccc1-2)c1ccccc1N. The average molecular weight is 328 g/mol. The van der Waals surface area contributed by atoms with Crippen molar-refractivity contribution >= 4 is 5.69 Å². The standard InChI is InChI=1S/C23H24N2/c1-23(2)19-10-6-4-8-16(19)17-13-12-15(14-20(17)23)22(25-3)18-9-5-7-11-21(18)24/h4-14,22,25H,24H2,1-3H3. The Labute approximate surface area is 149 Å². The van der Waals surface area contributed by atoms with Crippen LogP contribution in [0.4, 0.5) is 5.69 Å². The van der Waals surface area contributed by atoms with Crippen LogP contribution in [-0.4, -0.2) is 7.05 Å². The van der Waals surface area contributed by atoms with Crippen molar-refractivity contribution in [3.63, 3.8) is 0 Å². The number of nitrogens with two attached hydrogens (primary N) is 1. The third kappa shape index (κ3) is 2.37. The molecule has 0 saturated heterocycles. The van der Waals surface area contributed by atoms with Gasteiger partial charge in [0.1, 0.15) is 0 Å². The van der Waals surface area contributed by atoms with Crippen LogP contribution in [0.2, 0.25) is 0 Å². The molecule has 1 aliphatic carbocycles. The van der Waals surface area contributed by atoms with Gasteiger partial charge in [0, 0.05) is 11.1 Å². The minimum atomic E-state index is 0.0163. The molecule has 3 N–H and O–H groups in total. The molecule has 4 rings (SSSR count). The Morgan fingerprint density at radius 2 is 1.52 bits per heavy atom. The van der Waals surface area contributed by atoms with Gasteiger partial charge in [0.05, 0.1) is 6.04 Å². The van der Waals surface area contributed by atoms with Gasteiger partial charge < -0.3 is 11.1 Å². The Hall–Kier alpha value is -2.58. The molecule has 25 heavy (non-hydrogen) atoms. The van der Waals surface area contributed by atoms with Crippen molar-refractivity contribution in [1.29, 1.82) is 0 Å². The fourth-order valence-corrected chi connectivity index (χ4v) is 4.18. The van der Waals surface area contributed by atoms with Gasteiger partial charge in [-0.1, -0.05) is 74.5 Å². The number of para-hydroxylation sites is 1. The molecule has 0 bridgehead atoms. The molecule has 0 heterocycles. The Morgan fingerprint density at radius 1 is 0.840 bits per heavy atom. The van der Waals surface area contributed by atoms with Crippen LogP contribution in [0.3, 0.4) is 0 Å². The van der Waals surface area contributed by atoms with Crippen molar-refractivity contribution in [2.45, 2.75) is 25.3 Å². The van der Waals surface area contributed by atoms with Crippen LogP contribution in [0.15, 0.2) is 66.7 Å². The topological polar surface area (TPSA) is 38.0 Å². The maximum Gasteiger partial charge on any atom is 0.0594 e. The van der Waals surface area contributed by atoms with Crippen molar-refractivity contribution in [3.8, 4) is 11.1 Å². The maximum atomic E-state index is 6.23. The van der Waals surface area contributed by atoms with Gasteiger partial charge in [0.15, 0.2) is 0 Å². The summed E-state index contributed by atoms with van der Waals surface area (Å²) in [7, 11) is 1.99. The van der Waals surface area contributed by atoms with Crippen molar-refractivity contribution in [3.05, 3.63) is 89.0 Å². The molecule has 1 atom stereocenters. The first-order valence-corrected chi connectivity index (χ1v) is 8.80. The van der Waals surface area contributed by atoms with E-state index in [0.717, 1.165) is 11.3 Å². The molecule has 2 heteroatoms. The summed E-state index contributed by atoms with van der Waals surface area (Å²) in [6, 6.07) is 23.8. The number of hydrogen-bond donors (Lipinski definition) is 2. The number of nitrogen functional groups attached to an aromatic ring is 1. The largest absolute Gasteiger partial charge is 0.398 e. The first-order valence-electron chi connectivity index (χ1n) is 8.80. The molecular weight excluding hydrogens is 304 g/mol. The molecule has 0 saturated carbocycles. The average Bonchev–Trinajstić information content (AvgIpc) is 2.85. The molecule has 0 aliphatic heterocycles. The number of benzene rings is 3. The Morgan fingerprint density at radius 3 is 2.28 bits per heavy atom. The lowest BCUT2D eigenvalue weighted by Gasteiger charge is -2.24. The molecule has 126 valence electrons. The van der Waals surface area contributed by atoms with Gasteiger partial charge in [-0.25, -0.2) is 0 Å². The van der Waals surface area contributed by atoms with Gasteiger partial charge in [0.25, 0.3) is 0 Å². The van der Waals surface area contributed by atoms with Crippen LogP contribution >= 0.6 is 0 Å². The van der Waals surface area contributed by atoms with E-state index in [2.05, 4.69) is 67.7 Å². The zero-order valence-electron chi connectivity index (χ0n) is 15.0. The van der Waals surface area contributed by atoms with E-state index in [1.165, 1.54) is 27.8 Å². The summed E-state index contributed by atoms with van der Waals surface area (Å²) >= 11 is 0. The first kappa shape index (κ1) is 15.9. The molecule has 0 radical (unpaired) electrons. The van der Waals surface area contributed by atoms with Gasteiger partial charge in [-0.2, -0.15) is 0 Å². The molecular formula is C23H24N2. The number of nitrogens with one attached hydrogen (secondary N) is 1. The minimum absolute atomic E-state index is 0.0163. The molecule has 0 aromatic heterocycles. The summed E-state index contributed by atoms with van der Waals surface area (Å²) in [5.74, 6) is 0. The number of fused-ring (bicyclic) bond motifs is 3. The quantitative estimate of drug-likeness (QED) is 0.672. The van der Waals surface area contributed by atoms with Crippen molar-refractivity contribution in [2.24, 2.45) is 0 Å².